The van der Waals surface area contributed by atoms with Crippen LogP contribution in [-0.4, -0.2) is 17.8 Å². The summed E-state index contributed by atoms with van der Waals surface area (Å²) in [7, 11) is 0. The summed E-state index contributed by atoms with van der Waals surface area (Å²) in [4.78, 5) is 35.2. The summed E-state index contributed by atoms with van der Waals surface area (Å²) >= 11 is 0. The number of hydrogen-bond acceptors (Lipinski definition) is 3. The van der Waals surface area contributed by atoms with Gasteiger partial charge < -0.3 is 0 Å². The molecular formula is C12H16N2O3. The van der Waals surface area contributed by atoms with Crippen molar-refractivity contribution < 1.29 is 14.4 Å². The first kappa shape index (κ1) is 11.8. The molecule has 1 saturated heterocycles. The number of rotatable bonds is 0. The highest BCUT2D eigenvalue weighted by atomic mass is 16.2. The lowest BCUT2D eigenvalue weighted by Crippen LogP contribution is -2.65. The van der Waals surface area contributed by atoms with Crippen LogP contribution in [-0.2, 0) is 9.59 Å². The van der Waals surface area contributed by atoms with E-state index in [4.69, 9.17) is 0 Å². The Labute approximate surface area is 99.6 Å². The van der Waals surface area contributed by atoms with Crippen molar-refractivity contribution in [2.24, 2.45) is 11.3 Å². The van der Waals surface area contributed by atoms with Gasteiger partial charge in [0.05, 0.1) is 0 Å². The summed E-state index contributed by atoms with van der Waals surface area (Å²) in [6, 6.07) is -0.721. The average molecular weight is 236 g/mol. The molecule has 1 aliphatic carbocycles. The Kier molecular flexibility index (Phi) is 2.56. The first-order valence-corrected chi connectivity index (χ1v) is 5.70. The van der Waals surface area contributed by atoms with E-state index >= 15 is 0 Å². The molecule has 0 saturated carbocycles. The van der Waals surface area contributed by atoms with E-state index in [-0.39, 0.29) is 5.92 Å². The van der Waals surface area contributed by atoms with Crippen LogP contribution in [0.15, 0.2) is 11.1 Å². The third-order valence-corrected chi connectivity index (χ3v) is 3.99. The second-order valence-corrected chi connectivity index (χ2v) is 5.05. The van der Waals surface area contributed by atoms with Crippen molar-refractivity contribution in [2.75, 3.05) is 0 Å². The minimum absolute atomic E-state index is 0.0979. The van der Waals surface area contributed by atoms with Gasteiger partial charge in [-0.25, -0.2) is 4.79 Å². The van der Waals surface area contributed by atoms with Gasteiger partial charge in [-0.15, -0.1) is 0 Å². The number of carbonyl (C=O) groups excluding carboxylic acids is 3. The van der Waals surface area contributed by atoms with E-state index in [0.29, 0.717) is 12.8 Å². The van der Waals surface area contributed by atoms with Crippen molar-refractivity contribution >= 4 is 17.8 Å². The van der Waals surface area contributed by atoms with Crippen molar-refractivity contribution in [3.05, 3.63) is 11.1 Å². The summed E-state index contributed by atoms with van der Waals surface area (Å²) in [5.74, 6) is -1.03. The minimum Gasteiger partial charge on any atom is -0.277 e. The number of imide groups is 2. The molecule has 0 aromatic carbocycles. The Morgan fingerprint density at radius 2 is 1.59 bits per heavy atom. The van der Waals surface area contributed by atoms with Crippen LogP contribution in [0.2, 0.25) is 0 Å². The molecule has 2 aliphatic rings. The molecule has 0 aromatic rings. The zero-order chi connectivity index (χ0) is 12.8. The van der Waals surface area contributed by atoms with Crippen LogP contribution >= 0.6 is 0 Å². The van der Waals surface area contributed by atoms with Gasteiger partial charge in [-0.05, 0) is 32.6 Å². The summed E-state index contributed by atoms with van der Waals surface area (Å²) in [6.45, 7) is 5.83. The van der Waals surface area contributed by atoms with Gasteiger partial charge >= 0.3 is 6.03 Å². The molecule has 0 radical (unpaired) electrons. The lowest BCUT2D eigenvalue weighted by Gasteiger charge is -2.42. The van der Waals surface area contributed by atoms with Crippen LogP contribution < -0.4 is 10.6 Å². The van der Waals surface area contributed by atoms with Crippen LogP contribution in [0, 0.1) is 11.3 Å². The lowest BCUT2D eigenvalue weighted by atomic mass is 9.63. The molecule has 0 aromatic heterocycles. The SMILES string of the molecule is CC1=C(C)CC2(C(=O)NC(=O)NC2=O)C(C)C1. The third-order valence-electron chi connectivity index (χ3n) is 3.99. The monoisotopic (exact) mass is 236 g/mol. The number of allylic oxidation sites excluding steroid dienone is 2. The highest BCUT2D eigenvalue weighted by Crippen LogP contribution is 2.44. The standard InChI is InChI=1S/C12H16N2O3/c1-6-4-8(3)12(5-7(6)2)9(15)13-11(17)14-10(12)16/h8H,4-5H2,1-3H3,(H2,13,14,15,16,17). The third kappa shape index (κ3) is 1.57. The molecule has 1 spiro atoms. The predicted molar refractivity (Wildman–Crippen MR) is 60.9 cm³/mol. The summed E-state index contributed by atoms with van der Waals surface area (Å²) in [6.07, 6.45) is 1.10. The number of nitrogens with one attached hydrogen (secondary N) is 2. The maximum Gasteiger partial charge on any atom is 0.328 e. The molecule has 17 heavy (non-hydrogen) atoms. The zero-order valence-corrected chi connectivity index (χ0v) is 10.2. The van der Waals surface area contributed by atoms with E-state index in [1.165, 1.54) is 5.57 Å². The zero-order valence-electron chi connectivity index (χ0n) is 10.2. The number of urea groups is 1. The highest BCUT2D eigenvalue weighted by molar-refractivity contribution is 6.19. The van der Waals surface area contributed by atoms with Crippen LogP contribution in [0.25, 0.3) is 0 Å². The van der Waals surface area contributed by atoms with Crippen LogP contribution in [0.4, 0.5) is 4.79 Å². The summed E-state index contributed by atoms with van der Waals surface area (Å²) in [5.41, 5.74) is 1.17. The van der Waals surface area contributed by atoms with E-state index in [9.17, 15) is 14.4 Å². The molecule has 1 heterocycles. The predicted octanol–water partition coefficient (Wildman–Crippen LogP) is 1.11. The molecule has 0 bridgehead atoms. The Hall–Kier alpha value is -1.65. The number of barbiturate groups is 1. The number of hydrogen-bond donors (Lipinski definition) is 2. The Balaban J connectivity index is 2.45. The summed E-state index contributed by atoms with van der Waals surface area (Å²) in [5, 5.41) is 4.41. The van der Waals surface area contributed by atoms with Crippen molar-refractivity contribution in [3.63, 3.8) is 0 Å². The first-order chi connectivity index (χ1) is 7.87. The molecular weight excluding hydrogens is 220 g/mol. The molecule has 2 N–H and O–H groups in total. The number of carbonyl (C=O) groups is 3. The molecule has 5 nitrogen and oxygen atoms in total. The van der Waals surface area contributed by atoms with Gasteiger partial charge in [-0.3, -0.25) is 20.2 Å². The average Bonchev–Trinajstić information content (AvgIpc) is 2.21. The van der Waals surface area contributed by atoms with Gasteiger partial charge in [0.25, 0.3) is 0 Å². The van der Waals surface area contributed by atoms with Crippen LogP contribution in [0.5, 0.6) is 0 Å². The van der Waals surface area contributed by atoms with E-state index < -0.39 is 23.3 Å². The molecule has 5 heteroatoms. The van der Waals surface area contributed by atoms with Crippen molar-refractivity contribution in [2.45, 2.75) is 33.6 Å². The number of amides is 4. The fourth-order valence-corrected chi connectivity index (χ4v) is 2.72. The largest absolute Gasteiger partial charge is 0.328 e. The summed E-state index contributed by atoms with van der Waals surface area (Å²) < 4.78 is 0. The second kappa shape index (κ2) is 3.68. The van der Waals surface area contributed by atoms with Crippen molar-refractivity contribution in [1.82, 2.24) is 10.6 Å². The van der Waals surface area contributed by atoms with Crippen molar-refractivity contribution in [1.29, 1.82) is 0 Å². The Morgan fingerprint density at radius 1 is 1.06 bits per heavy atom. The molecule has 1 unspecified atom stereocenters. The second-order valence-electron chi connectivity index (χ2n) is 5.05. The molecule has 92 valence electrons. The molecule has 4 amide bonds. The van der Waals surface area contributed by atoms with Crippen LogP contribution in [0.3, 0.4) is 0 Å². The topological polar surface area (TPSA) is 75.3 Å². The molecule has 1 aliphatic heterocycles. The van der Waals surface area contributed by atoms with Gasteiger partial charge in [-0.1, -0.05) is 18.1 Å². The Morgan fingerprint density at radius 3 is 2.12 bits per heavy atom. The molecule has 1 atom stereocenters. The lowest BCUT2D eigenvalue weighted by molar-refractivity contribution is -0.148. The van der Waals surface area contributed by atoms with Crippen molar-refractivity contribution in [3.8, 4) is 0 Å². The van der Waals surface area contributed by atoms with E-state index in [0.717, 1.165) is 5.57 Å². The quantitative estimate of drug-likeness (QED) is 0.488. The van der Waals surface area contributed by atoms with Gasteiger partial charge in [0.1, 0.15) is 5.41 Å². The minimum atomic E-state index is -1.11. The van der Waals surface area contributed by atoms with Gasteiger partial charge in [0.2, 0.25) is 11.8 Å². The smallest absolute Gasteiger partial charge is 0.277 e. The maximum absolute atomic E-state index is 12.0. The van der Waals surface area contributed by atoms with Crippen LogP contribution in [0.1, 0.15) is 33.6 Å². The maximum atomic E-state index is 12.0. The van der Waals surface area contributed by atoms with Gasteiger partial charge in [0.15, 0.2) is 0 Å². The van der Waals surface area contributed by atoms with Gasteiger partial charge in [0, 0.05) is 0 Å². The first-order valence-electron chi connectivity index (χ1n) is 5.70. The fraction of sp³-hybridized carbons (Fsp3) is 0.583. The Bertz CT molecular complexity index is 431. The van der Waals surface area contributed by atoms with E-state index in [1.807, 2.05) is 20.8 Å². The fourth-order valence-electron chi connectivity index (χ4n) is 2.72. The normalized spacial score (nSPS) is 28.2. The molecule has 2 rings (SSSR count). The van der Waals surface area contributed by atoms with Gasteiger partial charge in [-0.2, -0.15) is 0 Å². The highest BCUT2D eigenvalue weighted by Gasteiger charge is 2.55. The van der Waals surface area contributed by atoms with E-state index in [2.05, 4.69) is 10.6 Å². The molecule has 1 fully saturated rings. The van der Waals surface area contributed by atoms with E-state index in [1.54, 1.807) is 0 Å².